The summed E-state index contributed by atoms with van der Waals surface area (Å²) in [6.45, 7) is 5.71. The highest BCUT2D eigenvalue weighted by Gasteiger charge is 2.21. The monoisotopic (exact) mass is 327 g/mol. The quantitative estimate of drug-likeness (QED) is 0.191. The van der Waals surface area contributed by atoms with E-state index in [2.05, 4.69) is 27.9 Å². The zero-order valence-corrected chi connectivity index (χ0v) is 16.9. The van der Waals surface area contributed by atoms with Crippen LogP contribution in [0.25, 0.3) is 0 Å². The molecule has 0 rings (SSSR count). The van der Waals surface area contributed by atoms with Crippen LogP contribution in [0.2, 0.25) is 0 Å². The summed E-state index contributed by atoms with van der Waals surface area (Å²) >= 11 is 0. The van der Waals surface area contributed by atoms with E-state index >= 15 is 0 Å². The Kier molecular flexibility index (Phi) is 15.4. The second-order valence-corrected chi connectivity index (χ2v) is 8.07. The Hall–Kier alpha value is -0.0800. The molecule has 1 unspecified atom stereocenters. The van der Waals surface area contributed by atoms with Gasteiger partial charge in [0.1, 0.15) is 6.17 Å². The van der Waals surface area contributed by atoms with Gasteiger partial charge in [0.15, 0.2) is 0 Å². The third-order valence-electron chi connectivity index (χ3n) is 5.40. The Bertz CT molecular complexity index is 238. The van der Waals surface area contributed by atoms with Crippen molar-refractivity contribution >= 4 is 0 Å². The molecule has 0 aromatic carbocycles. The zero-order chi connectivity index (χ0) is 17.4. The van der Waals surface area contributed by atoms with Gasteiger partial charge in [0.05, 0.1) is 20.6 Å². The highest BCUT2D eigenvalue weighted by molar-refractivity contribution is 4.50. The molecule has 2 nitrogen and oxygen atoms in total. The summed E-state index contributed by atoms with van der Waals surface area (Å²) in [6, 6.07) is 0. The highest BCUT2D eigenvalue weighted by atomic mass is 15.4. The predicted octanol–water partition coefficient (Wildman–Crippen LogP) is 6.24. The van der Waals surface area contributed by atoms with E-state index in [1.54, 1.807) is 0 Å². The summed E-state index contributed by atoms with van der Waals surface area (Å²) < 4.78 is 0.981. The van der Waals surface area contributed by atoms with Gasteiger partial charge in [-0.1, -0.05) is 90.9 Å². The largest absolute Gasteiger partial charge is 0.314 e. The summed E-state index contributed by atoms with van der Waals surface area (Å²) in [5.74, 6) is 0. The van der Waals surface area contributed by atoms with Crippen LogP contribution in [0.5, 0.6) is 0 Å². The minimum Gasteiger partial charge on any atom is -0.314 e. The predicted molar refractivity (Wildman–Crippen MR) is 106 cm³/mol. The van der Waals surface area contributed by atoms with Gasteiger partial charge in [-0.3, -0.25) is 5.73 Å². The zero-order valence-electron chi connectivity index (χ0n) is 16.9. The van der Waals surface area contributed by atoms with Crippen molar-refractivity contribution in [1.29, 1.82) is 0 Å². The van der Waals surface area contributed by atoms with Crippen LogP contribution in [0, 0.1) is 0 Å². The normalized spacial score (nSPS) is 13.4. The van der Waals surface area contributed by atoms with E-state index in [1.165, 1.54) is 96.4 Å². The minimum atomic E-state index is 0.303. The van der Waals surface area contributed by atoms with Crippen molar-refractivity contribution in [3.05, 3.63) is 0 Å². The third-order valence-corrected chi connectivity index (χ3v) is 5.40. The summed E-state index contributed by atoms with van der Waals surface area (Å²) in [6.07, 6.45) is 21.4. The highest BCUT2D eigenvalue weighted by Crippen LogP contribution is 2.14. The van der Waals surface area contributed by atoms with Gasteiger partial charge in [-0.15, -0.1) is 0 Å². The molecule has 0 saturated carbocycles. The van der Waals surface area contributed by atoms with Crippen LogP contribution in [-0.2, 0) is 0 Å². The fourth-order valence-electron chi connectivity index (χ4n) is 3.37. The number of nitrogens with zero attached hydrogens (tertiary/aromatic N) is 1. The van der Waals surface area contributed by atoms with Gasteiger partial charge in [0.2, 0.25) is 0 Å². The van der Waals surface area contributed by atoms with Crippen molar-refractivity contribution in [3.63, 3.8) is 0 Å². The van der Waals surface area contributed by atoms with Crippen molar-refractivity contribution in [2.75, 3.05) is 20.6 Å². The fraction of sp³-hybridized carbons (Fsp3) is 1.00. The lowest BCUT2D eigenvalue weighted by molar-refractivity contribution is -0.915. The molecule has 2 heteroatoms. The third kappa shape index (κ3) is 14.0. The topological polar surface area (TPSA) is 26.0 Å². The van der Waals surface area contributed by atoms with E-state index in [-0.39, 0.29) is 0 Å². The van der Waals surface area contributed by atoms with Gasteiger partial charge < -0.3 is 4.48 Å². The number of rotatable bonds is 17. The smallest absolute Gasteiger partial charge is 0.139 e. The first-order chi connectivity index (χ1) is 11.0. The first-order valence-corrected chi connectivity index (χ1v) is 10.6. The molecule has 0 fully saturated rings. The maximum absolute atomic E-state index is 6.18. The molecule has 2 N–H and O–H groups in total. The van der Waals surface area contributed by atoms with E-state index in [4.69, 9.17) is 5.73 Å². The lowest BCUT2D eigenvalue weighted by Gasteiger charge is -2.35. The summed E-state index contributed by atoms with van der Waals surface area (Å²) in [7, 11) is 4.55. The minimum absolute atomic E-state index is 0.303. The molecular weight excluding hydrogens is 280 g/mol. The van der Waals surface area contributed by atoms with E-state index in [0.717, 1.165) is 10.9 Å². The van der Waals surface area contributed by atoms with Crippen LogP contribution < -0.4 is 5.73 Å². The van der Waals surface area contributed by atoms with Gasteiger partial charge in [0.25, 0.3) is 0 Å². The Morgan fingerprint density at radius 1 is 0.609 bits per heavy atom. The second-order valence-electron chi connectivity index (χ2n) is 8.07. The van der Waals surface area contributed by atoms with Gasteiger partial charge >= 0.3 is 0 Å². The summed E-state index contributed by atoms with van der Waals surface area (Å²) in [5, 5.41) is 0. The Morgan fingerprint density at radius 2 is 0.957 bits per heavy atom. The summed E-state index contributed by atoms with van der Waals surface area (Å²) in [4.78, 5) is 0. The number of hydrogen-bond acceptors (Lipinski definition) is 1. The van der Waals surface area contributed by atoms with Gasteiger partial charge in [-0.2, -0.15) is 0 Å². The molecule has 0 bridgehead atoms. The van der Waals surface area contributed by atoms with Crippen molar-refractivity contribution < 1.29 is 4.48 Å². The van der Waals surface area contributed by atoms with Gasteiger partial charge in [-0.25, -0.2) is 0 Å². The first kappa shape index (κ1) is 22.9. The Balaban J connectivity index is 3.22. The van der Waals surface area contributed by atoms with E-state index in [1.807, 2.05) is 0 Å². The molecule has 0 aromatic rings. The fourth-order valence-corrected chi connectivity index (χ4v) is 3.37. The van der Waals surface area contributed by atoms with Gasteiger partial charge in [-0.05, 0) is 12.8 Å². The maximum atomic E-state index is 6.18. The average Bonchev–Trinajstić information content (AvgIpc) is 2.54. The molecular formula is C21H47N2+. The van der Waals surface area contributed by atoms with Crippen molar-refractivity contribution in [2.24, 2.45) is 5.73 Å². The SMILES string of the molecule is CCCCCCCCCCCCCCCC[N+](C)(C)C(N)CC. The Morgan fingerprint density at radius 3 is 1.30 bits per heavy atom. The van der Waals surface area contributed by atoms with Crippen LogP contribution in [0.3, 0.4) is 0 Å². The van der Waals surface area contributed by atoms with Crippen LogP contribution in [0.1, 0.15) is 110 Å². The molecule has 0 aromatic heterocycles. The number of quaternary nitrogens is 1. The number of nitrogens with two attached hydrogens (primary N) is 1. The average molecular weight is 328 g/mol. The molecule has 0 amide bonds. The molecule has 23 heavy (non-hydrogen) atoms. The first-order valence-electron chi connectivity index (χ1n) is 10.6. The van der Waals surface area contributed by atoms with Crippen molar-refractivity contribution in [3.8, 4) is 0 Å². The van der Waals surface area contributed by atoms with E-state index in [0.29, 0.717) is 6.17 Å². The summed E-state index contributed by atoms with van der Waals surface area (Å²) in [5.41, 5.74) is 6.18. The molecule has 0 aliphatic carbocycles. The molecule has 140 valence electrons. The molecule has 1 atom stereocenters. The molecule has 0 saturated heterocycles. The number of unbranched alkanes of at least 4 members (excludes halogenated alkanes) is 13. The van der Waals surface area contributed by atoms with Crippen molar-refractivity contribution in [1.82, 2.24) is 0 Å². The molecule has 0 aliphatic heterocycles. The van der Waals surface area contributed by atoms with E-state index in [9.17, 15) is 0 Å². The molecule has 0 radical (unpaired) electrons. The van der Waals surface area contributed by atoms with Crippen LogP contribution in [-0.4, -0.2) is 31.3 Å². The van der Waals surface area contributed by atoms with E-state index < -0.39 is 0 Å². The molecule has 0 spiro atoms. The molecule has 0 heterocycles. The van der Waals surface area contributed by atoms with Crippen molar-refractivity contribution in [2.45, 2.75) is 116 Å². The van der Waals surface area contributed by atoms with Gasteiger partial charge in [0, 0.05) is 6.42 Å². The lowest BCUT2D eigenvalue weighted by Crippen LogP contribution is -2.53. The lowest BCUT2D eigenvalue weighted by atomic mass is 10.0. The standard InChI is InChI=1S/C21H47N2/c1-5-7-8-9-10-11-12-13-14-15-16-17-18-19-20-23(3,4)21(22)6-2/h21H,5-20,22H2,1-4H3/q+1. The van der Waals surface area contributed by atoms with Crippen LogP contribution in [0.15, 0.2) is 0 Å². The van der Waals surface area contributed by atoms with Crippen LogP contribution >= 0.6 is 0 Å². The Labute approximate surface area is 147 Å². The number of hydrogen-bond donors (Lipinski definition) is 1. The maximum Gasteiger partial charge on any atom is 0.139 e. The molecule has 0 aliphatic rings. The van der Waals surface area contributed by atoms with Crippen LogP contribution in [0.4, 0.5) is 0 Å². The second kappa shape index (κ2) is 15.4.